The van der Waals surface area contributed by atoms with Crippen molar-refractivity contribution in [3.63, 3.8) is 0 Å². The first-order valence-electron chi connectivity index (χ1n) is 8.34. The highest BCUT2D eigenvalue weighted by molar-refractivity contribution is 5.55. The zero-order valence-corrected chi connectivity index (χ0v) is 13.8. The molecule has 3 aromatic heterocycles. The van der Waals surface area contributed by atoms with E-state index in [4.69, 9.17) is 0 Å². The quantitative estimate of drug-likeness (QED) is 0.725. The summed E-state index contributed by atoms with van der Waals surface area (Å²) in [7, 11) is 0. The lowest BCUT2D eigenvalue weighted by Gasteiger charge is -2.39. The van der Waals surface area contributed by atoms with E-state index in [1.54, 1.807) is 0 Å². The van der Waals surface area contributed by atoms with Gasteiger partial charge in [-0.2, -0.15) is 0 Å². The summed E-state index contributed by atoms with van der Waals surface area (Å²) in [6.45, 7) is 6.32. The topological polar surface area (TPSA) is 46.8 Å². The van der Waals surface area contributed by atoms with Crippen molar-refractivity contribution in [3.8, 4) is 11.4 Å². The molecule has 0 atom stereocenters. The van der Waals surface area contributed by atoms with Crippen LogP contribution in [-0.4, -0.2) is 37.5 Å². The summed E-state index contributed by atoms with van der Waals surface area (Å²) >= 11 is 0. The van der Waals surface area contributed by atoms with E-state index < -0.39 is 0 Å². The SMILES string of the molecule is Cc1cnc(-c2ccncc2)n1CC1CN(Cc2ccccn2)C1. The van der Waals surface area contributed by atoms with E-state index in [0.29, 0.717) is 5.92 Å². The molecule has 1 saturated heterocycles. The second-order valence-corrected chi connectivity index (χ2v) is 6.45. The maximum absolute atomic E-state index is 4.60. The van der Waals surface area contributed by atoms with Crippen molar-refractivity contribution in [1.82, 2.24) is 24.4 Å². The average Bonchev–Trinajstić information content (AvgIpc) is 2.95. The Morgan fingerprint density at radius 2 is 1.88 bits per heavy atom. The van der Waals surface area contributed by atoms with Crippen LogP contribution in [0.1, 0.15) is 11.4 Å². The van der Waals surface area contributed by atoms with E-state index in [0.717, 1.165) is 43.3 Å². The van der Waals surface area contributed by atoms with Crippen molar-refractivity contribution in [2.24, 2.45) is 5.92 Å². The highest BCUT2D eigenvalue weighted by Crippen LogP contribution is 2.24. The third kappa shape index (κ3) is 3.08. The van der Waals surface area contributed by atoms with Gasteiger partial charge in [0.25, 0.3) is 0 Å². The fourth-order valence-electron chi connectivity index (χ4n) is 3.32. The molecule has 4 rings (SSSR count). The van der Waals surface area contributed by atoms with Crippen molar-refractivity contribution < 1.29 is 0 Å². The van der Waals surface area contributed by atoms with Gasteiger partial charge in [0.2, 0.25) is 0 Å². The van der Waals surface area contributed by atoms with Gasteiger partial charge in [-0.05, 0) is 31.2 Å². The molecule has 4 heterocycles. The van der Waals surface area contributed by atoms with E-state index in [1.807, 2.05) is 43.0 Å². The van der Waals surface area contributed by atoms with E-state index in [9.17, 15) is 0 Å². The molecular weight excluding hydrogens is 298 g/mol. The van der Waals surface area contributed by atoms with Crippen LogP contribution in [0.25, 0.3) is 11.4 Å². The highest BCUT2D eigenvalue weighted by atomic mass is 15.2. The standard InChI is InChI=1S/C19H21N5/c1-15-10-22-19(17-5-8-20-9-6-17)24(15)13-16-11-23(12-16)14-18-4-2-3-7-21-18/h2-10,16H,11-14H2,1H3. The van der Waals surface area contributed by atoms with Crippen LogP contribution in [0, 0.1) is 12.8 Å². The molecule has 0 N–H and O–H groups in total. The Morgan fingerprint density at radius 1 is 1.04 bits per heavy atom. The Labute approximate surface area is 142 Å². The minimum atomic E-state index is 0.669. The van der Waals surface area contributed by atoms with Crippen LogP contribution in [0.2, 0.25) is 0 Å². The predicted molar refractivity (Wildman–Crippen MR) is 93.2 cm³/mol. The maximum atomic E-state index is 4.60. The third-order valence-electron chi connectivity index (χ3n) is 4.58. The fraction of sp³-hybridized carbons (Fsp3) is 0.316. The smallest absolute Gasteiger partial charge is 0.140 e. The number of pyridine rings is 2. The number of nitrogens with zero attached hydrogens (tertiary/aromatic N) is 5. The Kier molecular flexibility index (Phi) is 4.09. The molecule has 0 amide bonds. The molecule has 1 aliphatic heterocycles. The first kappa shape index (κ1) is 15.0. The number of imidazole rings is 1. The van der Waals surface area contributed by atoms with E-state index in [2.05, 4.69) is 43.5 Å². The lowest BCUT2D eigenvalue weighted by atomic mass is 9.99. The van der Waals surface area contributed by atoms with Gasteiger partial charge in [-0.1, -0.05) is 6.07 Å². The fourth-order valence-corrected chi connectivity index (χ4v) is 3.32. The predicted octanol–water partition coefficient (Wildman–Crippen LogP) is 2.78. The highest BCUT2D eigenvalue weighted by Gasteiger charge is 2.28. The van der Waals surface area contributed by atoms with Crippen molar-refractivity contribution >= 4 is 0 Å². The van der Waals surface area contributed by atoms with Gasteiger partial charge in [-0.3, -0.25) is 14.9 Å². The molecule has 0 bridgehead atoms. The number of aromatic nitrogens is 4. The Balaban J connectivity index is 1.40. The van der Waals surface area contributed by atoms with E-state index in [-0.39, 0.29) is 0 Å². The molecule has 24 heavy (non-hydrogen) atoms. The van der Waals surface area contributed by atoms with Crippen LogP contribution in [0.4, 0.5) is 0 Å². The van der Waals surface area contributed by atoms with Gasteiger partial charge in [0.05, 0.1) is 5.69 Å². The first-order chi connectivity index (χ1) is 11.8. The first-order valence-corrected chi connectivity index (χ1v) is 8.34. The summed E-state index contributed by atoms with van der Waals surface area (Å²) in [5, 5.41) is 0. The van der Waals surface area contributed by atoms with Gasteiger partial charge < -0.3 is 4.57 Å². The van der Waals surface area contributed by atoms with Gasteiger partial charge in [-0.15, -0.1) is 0 Å². The minimum absolute atomic E-state index is 0.669. The van der Waals surface area contributed by atoms with Crippen molar-refractivity contribution in [1.29, 1.82) is 0 Å². The summed E-state index contributed by atoms with van der Waals surface area (Å²) in [4.78, 5) is 15.5. The monoisotopic (exact) mass is 319 g/mol. The van der Waals surface area contributed by atoms with Gasteiger partial charge in [0.1, 0.15) is 5.82 Å². The second kappa shape index (κ2) is 6.53. The minimum Gasteiger partial charge on any atom is -0.328 e. The number of hydrogen-bond donors (Lipinski definition) is 0. The summed E-state index contributed by atoms with van der Waals surface area (Å²) < 4.78 is 2.33. The molecule has 1 fully saturated rings. The molecule has 5 heteroatoms. The average molecular weight is 319 g/mol. The maximum Gasteiger partial charge on any atom is 0.140 e. The van der Waals surface area contributed by atoms with Gasteiger partial charge in [0, 0.05) is 68.1 Å². The van der Waals surface area contributed by atoms with Crippen LogP contribution < -0.4 is 0 Å². The van der Waals surface area contributed by atoms with E-state index >= 15 is 0 Å². The van der Waals surface area contributed by atoms with Crippen molar-refractivity contribution in [2.75, 3.05) is 13.1 Å². The molecule has 0 radical (unpaired) electrons. The second-order valence-electron chi connectivity index (χ2n) is 6.45. The van der Waals surface area contributed by atoms with Gasteiger partial charge in [0.15, 0.2) is 0 Å². The normalized spacial score (nSPS) is 15.4. The summed E-state index contributed by atoms with van der Waals surface area (Å²) in [6, 6.07) is 10.1. The largest absolute Gasteiger partial charge is 0.328 e. The molecule has 5 nitrogen and oxygen atoms in total. The number of hydrogen-bond acceptors (Lipinski definition) is 4. The van der Waals surface area contributed by atoms with Crippen LogP contribution in [0.5, 0.6) is 0 Å². The van der Waals surface area contributed by atoms with Gasteiger partial charge in [-0.25, -0.2) is 4.98 Å². The number of aryl methyl sites for hydroxylation is 1. The third-order valence-corrected chi connectivity index (χ3v) is 4.58. The van der Waals surface area contributed by atoms with Gasteiger partial charge >= 0.3 is 0 Å². The van der Waals surface area contributed by atoms with Crippen LogP contribution in [0.15, 0.2) is 55.1 Å². The molecule has 1 aliphatic rings. The number of rotatable bonds is 5. The Hall–Kier alpha value is -2.53. The van der Waals surface area contributed by atoms with Crippen LogP contribution in [-0.2, 0) is 13.1 Å². The Morgan fingerprint density at radius 3 is 2.62 bits per heavy atom. The van der Waals surface area contributed by atoms with E-state index in [1.165, 1.54) is 5.69 Å². The zero-order valence-electron chi connectivity index (χ0n) is 13.8. The summed E-state index contributed by atoms with van der Waals surface area (Å²) in [6.07, 6.45) is 7.46. The zero-order chi connectivity index (χ0) is 16.4. The lowest BCUT2D eigenvalue weighted by Crippen LogP contribution is -2.47. The lowest BCUT2D eigenvalue weighted by molar-refractivity contribution is 0.0790. The van der Waals surface area contributed by atoms with Crippen molar-refractivity contribution in [2.45, 2.75) is 20.0 Å². The van der Waals surface area contributed by atoms with Crippen molar-refractivity contribution in [3.05, 3.63) is 66.5 Å². The molecular formula is C19H21N5. The van der Waals surface area contributed by atoms with Crippen LogP contribution in [0.3, 0.4) is 0 Å². The molecule has 0 unspecified atom stereocenters. The van der Waals surface area contributed by atoms with Crippen LogP contribution >= 0.6 is 0 Å². The molecule has 0 spiro atoms. The Bertz CT molecular complexity index is 791. The molecule has 0 saturated carbocycles. The number of likely N-dealkylation sites (tertiary alicyclic amines) is 1. The molecule has 122 valence electrons. The summed E-state index contributed by atoms with van der Waals surface area (Å²) in [5.74, 6) is 1.71. The summed E-state index contributed by atoms with van der Waals surface area (Å²) in [5.41, 5.74) is 3.49. The molecule has 0 aliphatic carbocycles. The molecule has 3 aromatic rings. The molecule has 0 aromatic carbocycles.